The Hall–Kier alpha value is -1.81. The van der Waals surface area contributed by atoms with Gasteiger partial charge in [-0.3, -0.25) is 0 Å². The van der Waals surface area contributed by atoms with Crippen molar-refractivity contribution >= 4 is 0 Å². The van der Waals surface area contributed by atoms with Gasteiger partial charge in [0.25, 0.3) is 0 Å². The van der Waals surface area contributed by atoms with Crippen LogP contribution in [0.5, 0.6) is 5.75 Å². The Balaban J connectivity index is 2.42. The molecule has 1 aromatic heterocycles. The molecule has 0 spiro atoms. The summed E-state index contributed by atoms with van der Waals surface area (Å²) in [7, 11) is 0. The second-order valence-electron chi connectivity index (χ2n) is 4.20. The molecule has 4 nitrogen and oxygen atoms in total. The van der Waals surface area contributed by atoms with Crippen molar-refractivity contribution in [3.05, 3.63) is 35.1 Å². The summed E-state index contributed by atoms with van der Waals surface area (Å²) in [6.07, 6.45) is 0. The number of ether oxygens (including phenoxy) is 1. The van der Waals surface area contributed by atoms with Crippen LogP contribution in [0.3, 0.4) is 0 Å². The number of aliphatic hydroxyl groups is 1. The average molecular weight is 247 g/mol. The molecule has 0 bridgehead atoms. The first kappa shape index (κ1) is 12.6. The van der Waals surface area contributed by atoms with Crippen molar-refractivity contribution in [2.24, 2.45) is 0 Å². The van der Waals surface area contributed by atoms with Crippen LogP contribution in [0, 0.1) is 13.8 Å². The van der Waals surface area contributed by atoms with Gasteiger partial charge in [0, 0.05) is 11.6 Å². The van der Waals surface area contributed by atoms with E-state index < -0.39 is 0 Å². The van der Waals surface area contributed by atoms with Gasteiger partial charge in [0.1, 0.15) is 18.1 Å². The van der Waals surface area contributed by atoms with Crippen LogP contribution >= 0.6 is 0 Å². The quantitative estimate of drug-likeness (QED) is 0.902. The maximum atomic E-state index is 8.98. The number of hydrogen-bond donors (Lipinski definition) is 1. The van der Waals surface area contributed by atoms with E-state index in [-0.39, 0.29) is 6.61 Å². The predicted octanol–water partition coefficient (Wildman–Crippen LogP) is 2.85. The van der Waals surface area contributed by atoms with Crippen molar-refractivity contribution in [2.45, 2.75) is 27.4 Å². The number of aromatic nitrogens is 1. The van der Waals surface area contributed by atoms with E-state index in [0.29, 0.717) is 12.4 Å². The summed E-state index contributed by atoms with van der Waals surface area (Å²) in [5.74, 6) is 1.36. The van der Waals surface area contributed by atoms with Crippen LogP contribution in [0.15, 0.2) is 22.7 Å². The molecule has 4 heteroatoms. The van der Waals surface area contributed by atoms with Crippen LogP contribution in [0.1, 0.15) is 23.8 Å². The van der Waals surface area contributed by atoms with Crippen molar-refractivity contribution in [1.29, 1.82) is 0 Å². The van der Waals surface area contributed by atoms with Crippen LogP contribution < -0.4 is 4.74 Å². The van der Waals surface area contributed by atoms with Gasteiger partial charge in [-0.15, -0.1) is 0 Å². The molecule has 0 radical (unpaired) electrons. The summed E-state index contributed by atoms with van der Waals surface area (Å²) in [6, 6.07) is 5.78. The van der Waals surface area contributed by atoms with Gasteiger partial charge in [0.15, 0.2) is 5.76 Å². The van der Waals surface area contributed by atoms with Gasteiger partial charge in [-0.2, -0.15) is 0 Å². The molecule has 1 heterocycles. The molecule has 0 amide bonds. The molecule has 0 unspecified atom stereocenters. The standard InChI is InChI=1S/C14H17NO3/c1-4-17-14-6-9(2)12(5-10(14)3)13-7-11(8-16)18-15-13/h5-7,16H,4,8H2,1-3H3. The lowest BCUT2D eigenvalue weighted by molar-refractivity contribution is 0.229. The van der Waals surface area contributed by atoms with E-state index in [1.165, 1.54) is 0 Å². The number of aryl methyl sites for hydroxylation is 2. The molecule has 0 fully saturated rings. The molecule has 0 saturated carbocycles. The van der Waals surface area contributed by atoms with E-state index in [1.54, 1.807) is 6.07 Å². The van der Waals surface area contributed by atoms with Crippen LogP contribution in [-0.2, 0) is 6.61 Å². The van der Waals surface area contributed by atoms with Crippen molar-refractivity contribution in [3.63, 3.8) is 0 Å². The highest BCUT2D eigenvalue weighted by Gasteiger charge is 2.11. The van der Waals surface area contributed by atoms with Crippen molar-refractivity contribution in [1.82, 2.24) is 5.16 Å². The molecule has 1 aromatic carbocycles. The third kappa shape index (κ3) is 2.38. The van der Waals surface area contributed by atoms with E-state index in [4.69, 9.17) is 14.4 Å². The minimum absolute atomic E-state index is 0.137. The fourth-order valence-electron chi connectivity index (χ4n) is 1.89. The molecule has 96 valence electrons. The van der Waals surface area contributed by atoms with Gasteiger partial charge in [0.2, 0.25) is 0 Å². The molecular formula is C14H17NO3. The maximum Gasteiger partial charge on any atom is 0.162 e. The predicted molar refractivity (Wildman–Crippen MR) is 68.5 cm³/mol. The molecule has 0 aliphatic rings. The number of aliphatic hydroxyl groups excluding tert-OH is 1. The van der Waals surface area contributed by atoms with Gasteiger partial charge < -0.3 is 14.4 Å². The third-order valence-corrected chi connectivity index (χ3v) is 2.81. The summed E-state index contributed by atoms with van der Waals surface area (Å²) < 4.78 is 10.6. The Labute approximate surface area is 106 Å². The summed E-state index contributed by atoms with van der Waals surface area (Å²) in [5, 5.41) is 12.9. The lowest BCUT2D eigenvalue weighted by Crippen LogP contribution is -1.96. The molecule has 0 saturated heterocycles. The Morgan fingerprint density at radius 1 is 1.22 bits per heavy atom. The summed E-state index contributed by atoms with van der Waals surface area (Å²) in [5.41, 5.74) is 3.87. The Kier molecular flexibility index (Phi) is 3.67. The van der Waals surface area contributed by atoms with Crippen molar-refractivity contribution < 1.29 is 14.4 Å². The Morgan fingerprint density at radius 3 is 2.61 bits per heavy atom. The monoisotopic (exact) mass is 247 g/mol. The lowest BCUT2D eigenvalue weighted by Gasteiger charge is -2.10. The van der Waals surface area contributed by atoms with Crippen molar-refractivity contribution in [3.8, 4) is 17.0 Å². The topological polar surface area (TPSA) is 55.5 Å². The lowest BCUT2D eigenvalue weighted by atomic mass is 10.0. The third-order valence-electron chi connectivity index (χ3n) is 2.81. The summed E-state index contributed by atoms with van der Waals surface area (Å²) in [6.45, 7) is 6.49. The highest BCUT2D eigenvalue weighted by molar-refractivity contribution is 5.66. The fourth-order valence-corrected chi connectivity index (χ4v) is 1.89. The molecule has 18 heavy (non-hydrogen) atoms. The number of hydrogen-bond acceptors (Lipinski definition) is 4. The normalized spacial score (nSPS) is 10.7. The minimum Gasteiger partial charge on any atom is -0.494 e. The van der Waals surface area contributed by atoms with Gasteiger partial charge >= 0.3 is 0 Å². The molecular weight excluding hydrogens is 230 g/mol. The second kappa shape index (κ2) is 5.23. The molecule has 1 N–H and O–H groups in total. The van der Waals surface area contributed by atoms with E-state index in [9.17, 15) is 0 Å². The summed E-state index contributed by atoms with van der Waals surface area (Å²) >= 11 is 0. The summed E-state index contributed by atoms with van der Waals surface area (Å²) in [4.78, 5) is 0. The maximum absolute atomic E-state index is 8.98. The first-order valence-electron chi connectivity index (χ1n) is 5.96. The van der Waals surface area contributed by atoms with Gasteiger partial charge in [-0.25, -0.2) is 0 Å². The minimum atomic E-state index is -0.137. The van der Waals surface area contributed by atoms with Crippen molar-refractivity contribution in [2.75, 3.05) is 6.61 Å². The number of nitrogens with zero attached hydrogens (tertiary/aromatic N) is 1. The van der Waals surface area contributed by atoms with Gasteiger partial charge in [-0.05, 0) is 44.0 Å². The molecule has 0 atom stereocenters. The van der Waals surface area contributed by atoms with Gasteiger partial charge in [0.05, 0.1) is 6.61 Å². The van der Waals surface area contributed by atoms with Crippen LogP contribution in [0.4, 0.5) is 0 Å². The van der Waals surface area contributed by atoms with Crippen LogP contribution in [-0.4, -0.2) is 16.9 Å². The van der Waals surface area contributed by atoms with E-state index in [0.717, 1.165) is 28.1 Å². The van der Waals surface area contributed by atoms with E-state index >= 15 is 0 Å². The number of rotatable bonds is 4. The Bertz CT molecular complexity index is 546. The fraction of sp³-hybridized carbons (Fsp3) is 0.357. The molecule has 0 aliphatic heterocycles. The van der Waals surface area contributed by atoms with Gasteiger partial charge in [-0.1, -0.05) is 5.16 Å². The van der Waals surface area contributed by atoms with Crippen LogP contribution in [0.2, 0.25) is 0 Å². The molecule has 2 rings (SSSR count). The average Bonchev–Trinajstić information content (AvgIpc) is 2.82. The number of benzene rings is 1. The van der Waals surface area contributed by atoms with Crippen LogP contribution in [0.25, 0.3) is 11.3 Å². The Morgan fingerprint density at radius 2 is 2.00 bits per heavy atom. The first-order chi connectivity index (χ1) is 8.65. The zero-order chi connectivity index (χ0) is 13.1. The second-order valence-corrected chi connectivity index (χ2v) is 4.20. The van der Waals surface area contributed by atoms with E-state index in [1.807, 2.05) is 32.9 Å². The zero-order valence-electron chi connectivity index (χ0n) is 10.9. The molecule has 0 aliphatic carbocycles. The highest BCUT2D eigenvalue weighted by atomic mass is 16.5. The van der Waals surface area contributed by atoms with E-state index in [2.05, 4.69) is 5.16 Å². The smallest absolute Gasteiger partial charge is 0.162 e. The highest BCUT2D eigenvalue weighted by Crippen LogP contribution is 2.29. The molecule has 2 aromatic rings. The SMILES string of the molecule is CCOc1cc(C)c(-c2cc(CO)on2)cc1C. The largest absolute Gasteiger partial charge is 0.494 e. The first-order valence-corrected chi connectivity index (χ1v) is 5.96. The zero-order valence-corrected chi connectivity index (χ0v) is 10.9.